The number of rotatable bonds is 7. The highest BCUT2D eigenvalue weighted by Gasteiger charge is 2.18. The maximum absolute atomic E-state index is 12.3. The molecular formula is C21H19NO7. The molecule has 1 aliphatic rings. The summed E-state index contributed by atoms with van der Waals surface area (Å²) in [4.78, 5) is 35.5. The minimum absolute atomic E-state index is 0.0652. The number of carbonyl (C=O) groups excluding carboxylic acids is 3. The Bertz CT molecular complexity index is 981. The number of ketones is 1. The number of hydrogen-bond donors (Lipinski definition) is 1. The highest BCUT2D eigenvalue weighted by Crippen LogP contribution is 2.29. The summed E-state index contributed by atoms with van der Waals surface area (Å²) in [6, 6.07) is 9.79. The van der Waals surface area contributed by atoms with E-state index in [1.165, 1.54) is 26.4 Å². The molecule has 0 saturated heterocycles. The normalized spacial score (nSPS) is 12.6. The quantitative estimate of drug-likeness (QED) is 0.435. The maximum Gasteiger partial charge on any atom is 0.331 e. The van der Waals surface area contributed by atoms with Crippen LogP contribution in [0.4, 0.5) is 5.69 Å². The largest absolute Gasteiger partial charge is 0.493 e. The van der Waals surface area contributed by atoms with Crippen LogP contribution in [-0.2, 0) is 14.3 Å². The number of fused-ring (bicyclic) bond motifs is 1. The third-order valence-electron chi connectivity index (χ3n) is 4.10. The number of benzene rings is 2. The third-order valence-corrected chi connectivity index (χ3v) is 4.10. The van der Waals surface area contributed by atoms with Crippen LogP contribution in [0.15, 0.2) is 42.5 Å². The van der Waals surface area contributed by atoms with Crippen LogP contribution in [-0.4, -0.2) is 45.1 Å². The molecule has 3 rings (SSSR count). The standard InChI is InChI=1S/C21H19NO7/c1-26-18-6-3-13(9-19(18)27-2)4-8-21(25)29-11-16(23)14-5-7-17-15(10-14)22-20(24)12-28-17/h3-10H,11-12H2,1-2H3,(H,22,24). The van der Waals surface area contributed by atoms with E-state index >= 15 is 0 Å². The molecule has 0 unspecified atom stereocenters. The van der Waals surface area contributed by atoms with Gasteiger partial charge in [0.15, 0.2) is 30.5 Å². The summed E-state index contributed by atoms with van der Waals surface area (Å²) < 4.78 is 20.6. The minimum Gasteiger partial charge on any atom is -0.493 e. The molecule has 0 aromatic heterocycles. The van der Waals surface area contributed by atoms with Gasteiger partial charge in [-0.1, -0.05) is 6.07 Å². The highest BCUT2D eigenvalue weighted by atomic mass is 16.5. The van der Waals surface area contributed by atoms with Crippen molar-refractivity contribution in [2.45, 2.75) is 0 Å². The van der Waals surface area contributed by atoms with Gasteiger partial charge in [0.2, 0.25) is 0 Å². The van der Waals surface area contributed by atoms with Crippen LogP contribution in [0.3, 0.4) is 0 Å². The molecule has 0 radical (unpaired) electrons. The Labute approximate surface area is 167 Å². The lowest BCUT2D eigenvalue weighted by atomic mass is 10.1. The summed E-state index contributed by atoms with van der Waals surface area (Å²) in [6.45, 7) is -0.493. The van der Waals surface area contributed by atoms with Crippen LogP contribution in [0, 0.1) is 0 Å². The number of amides is 1. The Hall–Kier alpha value is -3.81. The number of carbonyl (C=O) groups is 3. The summed E-state index contributed by atoms with van der Waals surface area (Å²) in [5, 5.41) is 2.62. The summed E-state index contributed by atoms with van der Waals surface area (Å²) in [5.74, 6) is 0.221. The van der Waals surface area contributed by atoms with Gasteiger partial charge in [0.25, 0.3) is 5.91 Å². The number of Topliss-reactive ketones (excluding diaryl/α,β-unsaturated/α-hetero) is 1. The average Bonchev–Trinajstić information content (AvgIpc) is 2.75. The number of ether oxygens (including phenoxy) is 4. The van der Waals surface area contributed by atoms with Crippen molar-refractivity contribution in [3.8, 4) is 17.2 Å². The molecule has 29 heavy (non-hydrogen) atoms. The molecule has 0 spiro atoms. The van der Waals surface area contributed by atoms with Crippen molar-refractivity contribution in [2.75, 3.05) is 32.8 Å². The minimum atomic E-state index is -0.664. The molecule has 8 heteroatoms. The fourth-order valence-corrected chi connectivity index (χ4v) is 2.65. The molecule has 1 N–H and O–H groups in total. The lowest BCUT2D eigenvalue weighted by Gasteiger charge is -2.18. The fourth-order valence-electron chi connectivity index (χ4n) is 2.65. The van der Waals surface area contributed by atoms with Gasteiger partial charge in [-0.3, -0.25) is 9.59 Å². The summed E-state index contributed by atoms with van der Waals surface area (Å²) in [7, 11) is 3.05. The molecule has 1 aliphatic heterocycles. The van der Waals surface area contributed by atoms with Crippen molar-refractivity contribution < 1.29 is 33.3 Å². The Balaban J connectivity index is 1.58. The SMILES string of the molecule is COc1ccc(C=CC(=O)OCC(=O)c2ccc3c(c2)NC(=O)CO3)cc1OC. The number of nitrogens with one attached hydrogen (secondary N) is 1. The zero-order chi connectivity index (χ0) is 20.8. The molecule has 0 aliphatic carbocycles. The first kappa shape index (κ1) is 19.9. The van der Waals surface area contributed by atoms with Gasteiger partial charge < -0.3 is 24.3 Å². The molecule has 1 heterocycles. The molecule has 0 atom stereocenters. The lowest BCUT2D eigenvalue weighted by Crippen LogP contribution is -2.25. The van der Waals surface area contributed by atoms with Crippen LogP contribution in [0.1, 0.15) is 15.9 Å². The van der Waals surface area contributed by atoms with Gasteiger partial charge in [-0.2, -0.15) is 0 Å². The second-order valence-corrected chi connectivity index (χ2v) is 6.03. The van der Waals surface area contributed by atoms with E-state index < -0.39 is 18.4 Å². The molecular weight excluding hydrogens is 378 g/mol. The van der Waals surface area contributed by atoms with Crippen molar-refractivity contribution in [1.82, 2.24) is 0 Å². The second kappa shape index (κ2) is 8.92. The summed E-state index contributed by atoms with van der Waals surface area (Å²) in [5.41, 5.74) is 1.41. The van der Waals surface area contributed by atoms with Gasteiger partial charge in [0.1, 0.15) is 5.75 Å². The van der Waals surface area contributed by atoms with Gasteiger partial charge in [0.05, 0.1) is 19.9 Å². The van der Waals surface area contributed by atoms with Crippen molar-refractivity contribution in [3.63, 3.8) is 0 Å². The molecule has 0 fully saturated rings. The first-order chi connectivity index (χ1) is 14.0. The van der Waals surface area contributed by atoms with Crippen molar-refractivity contribution in [3.05, 3.63) is 53.6 Å². The van der Waals surface area contributed by atoms with E-state index in [2.05, 4.69) is 5.32 Å². The van der Waals surface area contributed by atoms with E-state index in [-0.39, 0.29) is 12.5 Å². The summed E-state index contributed by atoms with van der Waals surface area (Å²) >= 11 is 0. The molecule has 150 valence electrons. The number of hydrogen-bond acceptors (Lipinski definition) is 7. The average molecular weight is 397 g/mol. The van der Waals surface area contributed by atoms with Gasteiger partial charge in [0, 0.05) is 11.6 Å². The van der Waals surface area contributed by atoms with Crippen LogP contribution < -0.4 is 19.5 Å². The van der Waals surface area contributed by atoms with E-state index in [4.69, 9.17) is 18.9 Å². The van der Waals surface area contributed by atoms with E-state index in [1.807, 2.05) is 0 Å². The first-order valence-electron chi connectivity index (χ1n) is 8.67. The van der Waals surface area contributed by atoms with E-state index in [9.17, 15) is 14.4 Å². The molecule has 0 saturated carbocycles. The van der Waals surface area contributed by atoms with E-state index in [0.29, 0.717) is 34.1 Å². The summed E-state index contributed by atoms with van der Waals surface area (Å²) in [6.07, 6.45) is 2.76. The fraction of sp³-hybridized carbons (Fsp3) is 0.190. The Kier molecular flexibility index (Phi) is 6.13. The van der Waals surface area contributed by atoms with Crippen LogP contribution in [0.5, 0.6) is 17.2 Å². The van der Waals surface area contributed by atoms with Gasteiger partial charge in [-0.15, -0.1) is 0 Å². The zero-order valence-electron chi connectivity index (χ0n) is 15.9. The van der Waals surface area contributed by atoms with Crippen LogP contribution in [0.2, 0.25) is 0 Å². The van der Waals surface area contributed by atoms with Crippen molar-refractivity contribution in [2.24, 2.45) is 0 Å². The smallest absolute Gasteiger partial charge is 0.331 e. The predicted molar refractivity (Wildman–Crippen MR) is 104 cm³/mol. The maximum atomic E-state index is 12.3. The first-order valence-corrected chi connectivity index (χ1v) is 8.67. The topological polar surface area (TPSA) is 100 Å². The highest BCUT2D eigenvalue weighted by molar-refractivity contribution is 6.02. The Morgan fingerprint density at radius 1 is 1.10 bits per heavy atom. The van der Waals surface area contributed by atoms with Gasteiger partial charge in [-0.25, -0.2) is 4.79 Å². The number of methoxy groups -OCH3 is 2. The van der Waals surface area contributed by atoms with E-state index in [1.54, 1.807) is 36.4 Å². The van der Waals surface area contributed by atoms with E-state index in [0.717, 1.165) is 0 Å². The van der Waals surface area contributed by atoms with Crippen LogP contribution in [0.25, 0.3) is 6.08 Å². The van der Waals surface area contributed by atoms with Gasteiger partial charge >= 0.3 is 5.97 Å². The van der Waals surface area contributed by atoms with Gasteiger partial charge in [-0.05, 0) is 42.0 Å². The zero-order valence-corrected chi connectivity index (χ0v) is 15.9. The molecule has 2 aromatic rings. The third kappa shape index (κ3) is 4.92. The molecule has 2 aromatic carbocycles. The second-order valence-electron chi connectivity index (χ2n) is 6.03. The monoisotopic (exact) mass is 397 g/mol. The Morgan fingerprint density at radius 3 is 2.66 bits per heavy atom. The Morgan fingerprint density at radius 2 is 1.90 bits per heavy atom. The van der Waals surface area contributed by atoms with Crippen molar-refractivity contribution in [1.29, 1.82) is 0 Å². The number of anilines is 1. The molecule has 1 amide bonds. The number of esters is 1. The molecule has 8 nitrogen and oxygen atoms in total. The lowest BCUT2D eigenvalue weighted by molar-refractivity contribution is -0.136. The predicted octanol–water partition coefficient (Wildman–Crippen LogP) is 2.47. The van der Waals surface area contributed by atoms with Crippen molar-refractivity contribution >= 4 is 29.4 Å². The van der Waals surface area contributed by atoms with Crippen LogP contribution >= 0.6 is 0 Å². The molecule has 0 bridgehead atoms.